The van der Waals surface area contributed by atoms with Crippen LogP contribution in [0.25, 0.3) is 0 Å². The molecule has 4 nitrogen and oxygen atoms in total. The minimum Gasteiger partial charge on any atom is -0.497 e. The highest BCUT2D eigenvalue weighted by Gasteiger charge is 2.32. The van der Waals surface area contributed by atoms with Crippen LogP contribution in [0, 0.1) is 6.92 Å². The molecule has 0 saturated carbocycles. The molecule has 0 radical (unpaired) electrons. The number of rotatable bonds is 4. The fourth-order valence-electron chi connectivity index (χ4n) is 4.11. The van der Waals surface area contributed by atoms with Crippen molar-refractivity contribution < 1.29 is 9.53 Å². The van der Waals surface area contributed by atoms with E-state index in [-0.39, 0.29) is 11.9 Å². The normalized spacial score (nSPS) is 16.2. The lowest BCUT2D eigenvalue weighted by atomic mass is 9.99. The predicted octanol–water partition coefficient (Wildman–Crippen LogP) is 6.67. The molecule has 0 spiro atoms. The first-order chi connectivity index (χ1) is 15.4. The van der Waals surface area contributed by atoms with Gasteiger partial charge < -0.3 is 14.5 Å². The number of anilines is 1. The van der Waals surface area contributed by atoms with Crippen molar-refractivity contribution in [1.82, 2.24) is 4.90 Å². The Balaban J connectivity index is 1.67. The number of piperazine rings is 1. The van der Waals surface area contributed by atoms with E-state index in [0.717, 1.165) is 22.6 Å². The third-order valence-corrected chi connectivity index (χ3v) is 6.60. The first-order valence-corrected chi connectivity index (χ1v) is 11.4. The minimum absolute atomic E-state index is 0.00553. The summed E-state index contributed by atoms with van der Waals surface area (Å²) in [6.45, 7) is 3.66. The van der Waals surface area contributed by atoms with Gasteiger partial charge in [-0.05, 0) is 66.6 Å². The molecule has 7 heteroatoms. The first kappa shape index (κ1) is 22.8. The van der Waals surface area contributed by atoms with Gasteiger partial charge >= 0.3 is 0 Å². The van der Waals surface area contributed by atoms with Gasteiger partial charge in [-0.2, -0.15) is 0 Å². The van der Waals surface area contributed by atoms with Crippen LogP contribution in [0.1, 0.15) is 27.5 Å². The smallest absolute Gasteiger partial charge is 0.254 e. The Bertz CT molecular complexity index is 1130. The summed E-state index contributed by atoms with van der Waals surface area (Å²) in [7, 11) is 1.62. The van der Waals surface area contributed by atoms with E-state index in [1.165, 1.54) is 0 Å². The van der Waals surface area contributed by atoms with Gasteiger partial charge in [-0.3, -0.25) is 4.79 Å². The van der Waals surface area contributed by atoms with E-state index < -0.39 is 0 Å². The Morgan fingerprint density at radius 3 is 2.31 bits per heavy atom. The van der Waals surface area contributed by atoms with Crippen LogP contribution in [0.5, 0.6) is 5.75 Å². The van der Waals surface area contributed by atoms with Crippen LogP contribution in [0.15, 0.2) is 60.7 Å². The van der Waals surface area contributed by atoms with Gasteiger partial charge in [-0.1, -0.05) is 46.9 Å². The van der Waals surface area contributed by atoms with Gasteiger partial charge in [0.1, 0.15) is 5.75 Å². The second kappa shape index (κ2) is 9.62. The molecule has 3 aromatic carbocycles. The van der Waals surface area contributed by atoms with Gasteiger partial charge in [0.25, 0.3) is 5.91 Å². The molecule has 1 aliphatic heterocycles. The molecule has 0 aliphatic carbocycles. The molecule has 0 N–H and O–H groups in total. The van der Waals surface area contributed by atoms with E-state index in [4.69, 9.17) is 39.5 Å². The highest BCUT2D eigenvalue weighted by atomic mass is 35.5. The molecular weight excluding hydrogens is 467 g/mol. The predicted molar refractivity (Wildman–Crippen MR) is 132 cm³/mol. The maximum Gasteiger partial charge on any atom is 0.254 e. The van der Waals surface area contributed by atoms with Crippen LogP contribution < -0.4 is 9.64 Å². The quantitative estimate of drug-likeness (QED) is 0.410. The molecule has 0 bridgehead atoms. The number of benzene rings is 3. The Morgan fingerprint density at radius 1 is 0.938 bits per heavy atom. The summed E-state index contributed by atoms with van der Waals surface area (Å²) in [5.74, 6) is 0.742. The van der Waals surface area contributed by atoms with Crippen LogP contribution in [-0.2, 0) is 0 Å². The minimum atomic E-state index is -0.0813. The van der Waals surface area contributed by atoms with Crippen LogP contribution in [0.3, 0.4) is 0 Å². The van der Waals surface area contributed by atoms with E-state index in [1.807, 2.05) is 66.4 Å². The van der Waals surface area contributed by atoms with Gasteiger partial charge in [-0.25, -0.2) is 0 Å². The number of methoxy groups -OCH3 is 1. The van der Waals surface area contributed by atoms with Crippen molar-refractivity contribution in [2.45, 2.75) is 13.0 Å². The molecule has 1 fully saturated rings. The number of carbonyl (C=O) groups excluding carboxylic acids is 1. The van der Waals surface area contributed by atoms with Gasteiger partial charge in [0.15, 0.2) is 0 Å². The second-order valence-electron chi connectivity index (χ2n) is 7.79. The van der Waals surface area contributed by atoms with Crippen molar-refractivity contribution in [2.24, 2.45) is 0 Å². The molecule has 0 unspecified atom stereocenters. The lowest BCUT2D eigenvalue weighted by Gasteiger charge is -2.43. The summed E-state index contributed by atoms with van der Waals surface area (Å²) in [5, 5.41) is 1.84. The molecular formula is C25H23Cl3N2O2. The van der Waals surface area contributed by atoms with E-state index in [1.54, 1.807) is 13.2 Å². The van der Waals surface area contributed by atoms with Crippen LogP contribution in [-0.4, -0.2) is 37.6 Å². The van der Waals surface area contributed by atoms with Crippen LogP contribution >= 0.6 is 34.8 Å². The van der Waals surface area contributed by atoms with Gasteiger partial charge in [0, 0.05) is 35.2 Å². The molecule has 0 aromatic heterocycles. The summed E-state index contributed by atoms with van der Waals surface area (Å²) in [5.41, 5.74) is 3.52. The highest BCUT2D eigenvalue weighted by Crippen LogP contribution is 2.37. The number of halogens is 3. The van der Waals surface area contributed by atoms with E-state index in [2.05, 4.69) is 4.90 Å². The van der Waals surface area contributed by atoms with Gasteiger partial charge in [-0.15, -0.1) is 0 Å². The zero-order valence-electron chi connectivity index (χ0n) is 17.8. The maximum absolute atomic E-state index is 13.4. The lowest BCUT2D eigenvalue weighted by Crippen LogP contribution is -2.50. The number of hydrogen-bond donors (Lipinski definition) is 0. The third-order valence-electron chi connectivity index (χ3n) is 5.81. The Kier molecular flexibility index (Phi) is 6.85. The zero-order chi connectivity index (χ0) is 22.8. The number of ether oxygens (including phenoxy) is 1. The fraction of sp³-hybridized carbons (Fsp3) is 0.240. The Labute approximate surface area is 203 Å². The standard InChI is InChI=1S/C25H23Cl3N2O2/c1-16-13-20(32-2)8-9-21(16)25(31)29-11-12-30(23-10-7-19(27)14-22(23)28)24(15-29)17-3-5-18(26)6-4-17/h3-10,13-14,24H,11-12,15H2,1-2H3/t24-/m0/s1. The van der Waals surface area contributed by atoms with Crippen molar-refractivity contribution >= 4 is 46.4 Å². The SMILES string of the molecule is COc1ccc(C(=O)N2CCN(c3ccc(Cl)cc3Cl)[C@H](c3ccc(Cl)cc3)C2)c(C)c1. The van der Waals surface area contributed by atoms with Crippen molar-refractivity contribution in [3.05, 3.63) is 92.4 Å². The summed E-state index contributed by atoms with van der Waals surface area (Å²) in [6, 6.07) is 18.7. The van der Waals surface area contributed by atoms with E-state index >= 15 is 0 Å². The Hall–Kier alpha value is -2.40. The first-order valence-electron chi connectivity index (χ1n) is 10.3. The number of aryl methyl sites for hydroxylation is 1. The average Bonchev–Trinajstić information content (AvgIpc) is 2.79. The number of hydrogen-bond acceptors (Lipinski definition) is 3. The average molecular weight is 490 g/mol. The van der Waals surface area contributed by atoms with Crippen molar-refractivity contribution in [3.63, 3.8) is 0 Å². The van der Waals surface area contributed by atoms with E-state index in [0.29, 0.717) is 40.3 Å². The van der Waals surface area contributed by atoms with Crippen molar-refractivity contribution in [2.75, 3.05) is 31.6 Å². The topological polar surface area (TPSA) is 32.8 Å². The molecule has 3 aromatic rings. The molecule has 4 rings (SSSR count). The third kappa shape index (κ3) is 4.68. The van der Waals surface area contributed by atoms with Crippen molar-refractivity contribution in [1.29, 1.82) is 0 Å². The molecule has 1 atom stereocenters. The Morgan fingerprint density at radius 2 is 1.66 bits per heavy atom. The number of nitrogens with zero attached hydrogens (tertiary/aromatic N) is 2. The fourth-order valence-corrected chi connectivity index (χ4v) is 4.76. The molecule has 1 aliphatic rings. The molecule has 1 saturated heterocycles. The van der Waals surface area contributed by atoms with Crippen LogP contribution in [0.2, 0.25) is 15.1 Å². The summed E-state index contributed by atoms with van der Waals surface area (Å²) in [4.78, 5) is 17.5. The lowest BCUT2D eigenvalue weighted by molar-refractivity contribution is 0.0721. The molecule has 1 amide bonds. The van der Waals surface area contributed by atoms with Crippen LogP contribution in [0.4, 0.5) is 5.69 Å². The summed E-state index contributed by atoms with van der Waals surface area (Å²) >= 11 is 18.8. The monoisotopic (exact) mass is 488 g/mol. The second-order valence-corrected chi connectivity index (χ2v) is 9.07. The summed E-state index contributed by atoms with van der Waals surface area (Å²) in [6.07, 6.45) is 0. The number of amides is 1. The number of carbonyl (C=O) groups is 1. The van der Waals surface area contributed by atoms with Gasteiger partial charge in [0.05, 0.1) is 23.9 Å². The highest BCUT2D eigenvalue weighted by molar-refractivity contribution is 6.36. The van der Waals surface area contributed by atoms with Gasteiger partial charge in [0.2, 0.25) is 0 Å². The largest absolute Gasteiger partial charge is 0.497 e. The summed E-state index contributed by atoms with van der Waals surface area (Å²) < 4.78 is 5.28. The molecule has 32 heavy (non-hydrogen) atoms. The molecule has 1 heterocycles. The van der Waals surface area contributed by atoms with Crippen molar-refractivity contribution in [3.8, 4) is 5.75 Å². The zero-order valence-corrected chi connectivity index (χ0v) is 20.1. The van der Waals surface area contributed by atoms with E-state index in [9.17, 15) is 4.79 Å². The maximum atomic E-state index is 13.4. The molecule has 166 valence electrons.